The maximum atomic E-state index is 12.1. The van der Waals surface area contributed by atoms with Crippen LogP contribution in [-0.2, 0) is 16.0 Å². The summed E-state index contributed by atoms with van der Waals surface area (Å²) in [6, 6.07) is 20.0. The third-order valence-corrected chi connectivity index (χ3v) is 5.23. The van der Waals surface area contributed by atoms with E-state index in [4.69, 9.17) is 9.47 Å². The van der Waals surface area contributed by atoms with Crippen molar-refractivity contribution in [3.8, 4) is 11.1 Å². The van der Waals surface area contributed by atoms with Crippen molar-refractivity contribution in [3.63, 3.8) is 0 Å². The summed E-state index contributed by atoms with van der Waals surface area (Å²) in [7, 11) is 2.48. The summed E-state index contributed by atoms with van der Waals surface area (Å²) < 4.78 is 10.5. The number of hydrogen-bond donors (Lipinski definition) is 0. The van der Waals surface area contributed by atoms with Gasteiger partial charge < -0.3 is 9.47 Å². The molecule has 0 aliphatic rings. The molecule has 0 spiro atoms. The van der Waals surface area contributed by atoms with Crippen LogP contribution < -0.4 is 0 Å². The molecule has 3 rings (SSSR count). The van der Waals surface area contributed by atoms with Gasteiger partial charge >= 0.3 is 12.2 Å². The number of nitrogens with zero attached hydrogens (tertiary/aromatic N) is 1. The lowest BCUT2D eigenvalue weighted by molar-refractivity contribution is 0.0960. The Balaban J connectivity index is 2.24. The Morgan fingerprint density at radius 3 is 2.15 bits per heavy atom. The summed E-state index contributed by atoms with van der Waals surface area (Å²) in [6.45, 7) is 0.0483. The highest BCUT2D eigenvalue weighted by molar-refractivity contribution is 14.1. The van der Waals surface area contributed by atoms with E-state index in [1.807, 2.05) is 60.7 Å². The molecule has 27 heavy (non-hydrogen) atoms. The number of benzene rings is 3. The summed E-state index contributed by atoms with van der Waals surface area (Å²) in [5.74, 6) is 0. The molecule has 3 aromatic carbocycles. The number of imide groups is 1. The number of fused-ring (bicyclic) bond motifs is 1. The van der Waals surface area contributed by atoms with Crippen LogP contribution in [-0.4, -0.2) is 31.3 Å². The highest BCUT2D eigenvalue weighted by Crippen LogP contribution is 2.36. The number of amides is 2. The van der Waals surface area contributed by atoms with Crippen LogP contribution in [0.2, 0.25) is 0 Å². The first-order valence-corrected chi connectivity index (χ1v) is 9.33. The Hall–Kier alpha value is -2.61. The van der Waals surface area contributed by atoms with E-state index in [-0.39, 0.29) is 6.54 Å². The number of ether oxygens (including phenoxy) is 2. The van der Waals surface area contributed by atoms with Crippen LogP contribution in [0.5, 0.6) is 0 Å². The second-order valence-electron chi connectivity index (χ2n) is 5.83. The molecule has 0 aliphatic carbocycles. The van der Waals surface area contributed by atoms with Crippen molar-refractivity contribution in [2.45, 2.75) is 6.54 Å². The van der Waals surface area contributed by atoms with Gasteiger partial charge in [0.1, 0.15) is 0 Å². The molecule has 0 aliphatic heterocycles. The number of methoxy groups -OCH3 is 2. The Labute approximate surface area is 171 Å². The molecular formula is C21H18INO4. The van der Waals surface area contributed by atoms with Gasteiger partial charge in [-0.25, -0.2) is 14.5 Å². The van der Waals surface area contributed by atoms with E-state index in [1.54, 1.807) is 0 Å². The molecule has 0 unspecified atom stereocenters. The lowest BCUT2D eigenvalue weighted by atomic mass is 9.93. The van der Waals surface area contributed by atoms with Gasteiger partial charge in [0, 0.05) is 3.57 Å². The Morgan fingerprint density at radius 1 is 0.926 bits per heavy atom. The van der Waals surface area contributed by atoms with E-state index in [1.165, 1.54) is 14.2 Å². The summed E-state index contributed by atoms with van der Waals surface area (Å²) in [4.78, 5) is 25.2. The van der Waals surface area contributed by atoms with E-state index in [2.05, 4.69) is 22.6 Å². The molecule has 0 fully saturated rings. The maximum absolute atomic E-state index is 12.1. The van der Waals surface area contributed by atoms with Crippen molar-refractivity contribution < 1.29 is 19.1 Å². The summed E-state index contributed by atoms with van der Waals surface area (Å²) in [5.41, 5.74) is 2.85. The first kappa shape index (κ1) is 19.2. The molecular weight excluding hydrogens is 457 g/mol. The average Bonchev–Trinajstić information content (AvgIpc) is 2.71. The van der Waals surface area contributed by atoms with Crippen molar-refractivity contribution >= 4 is 45.5 Å². The predicted octanol–water partition coefficient (Wildman–Crippen LogP) is 5.45. The first-order valence-electron chi connectivity index (χ1n) is 8.25. The quantitative estimate of drug-likeness (QED) is 0.473. The minimum absolute atomic E-state index is 0.0483. The molecule has 0 N–H and O–H groups in total. The lowest BCUT2D eigenvalue weighted by Crippen LogP contribution is -2.36. The number of carbonyl (C=O) groups is 2. The minimum atomic E-state index is -0.759. The molecule has 0 radical (unpaired) electrons. The summed E-state index contributed by atoms with van der Waals surface area (Å²) in [6.07, 6.45) is -1.52. The molecule has 2 amide bonds. The van der Waals surface area contributed by atoms with Gasteiger partial charge in [0.2, 0.25) is 0 Å². The molecule has 0 aromatic heterocycles. The second kappa shape index (κ2) is 8.39. The standard InChI is InChI=1S/C21H18INO4/c1-26-20(24)23(21(25)27-2)13-17-18(22)12-15-10-6-7-11-16(15)19(17)14-8-4-3-5-9-14/h3-12H,13H2,1-2H3. The van der Waals surface area contributed by atoms with Crippen molar-refractivity contribution in [1.29, 1.82) is 0 Å². The van der Waals surface area contributed by atoms with Crippen LogP contribution in [0.1, 0.15) is 5.56 Å². The van der Waals surface area contributed by atoms with Gasteiger partial charge in [0.05, 0.1) is 20.8 Å². The normalized spacial score (nSPS) is 10.5. The predicted molar refractivity (Wildman–Crippen MR) is 112 cm³/mol. The fourth-order valence-electron chi connectivity index (χ4n) is 3.03. The Kier molecular flexibility index (Phi) is 5.95. The molecule has 0 atom stereocenters. The molecule has 0 saturated heterocycles. The van der Waals surface area contributed by atoms with Gasteiger partial charge in [0.15, 0.2) is 0 Å². The lowest BCUT2D eigenvalue weighted by Gasteiger charge is -2.22. The van der Waals surface area contributed by atoms with E-state index < -0.39 is 12.2 Å². The van der Waals surface area contributed by atoms with Gasteiger partial charge in [-0.2, -0.15) is 0 Å². The van der Waals surface area contributed by atoms with Crippen molar-refractivity contribution in [1.82, 2.24) is 4.90 Å². The van der Waals surface area contributed by atoms with E-state index in [0.29, 0.717) is 0 Å². The van der Waals surface area contributed by atoms with Crippen LogP contribution in [0.4, 0.5) is 9.59 Å². The first-order chi connectivity index (χ1) is 13.1. The number of hydrogen-bond acceptors (Lipinski definition) is 4. The summed E-state index contributed by atoms with van der Waals surface area (Å²) in [5, 5.41) is 2.14. The van der Waals surface area contributed by atoms with E-state index in [9.17, 15) is 9.59 Å². The average molecular weight is 475 g/mol. The molecule has 6 heteroatoms. The highest BCUT2D eigenvalue weighted by Gasteiger charge is 2.26. The molecule has 3 aromatic rings. The summed E-state index contributed by atoms with van der Waals surface area (Å²) >= 11 is 2.23. The molecule has 5 nitrogen and oxygen atoms in total. The number of carbonyl (C=O) groups excluding carboxylic acids is 2. The topological polar surface area (TPSA) is 55.8 Å². The fourth-order valence-corrected chi connectivity index (χ4v) is 3.80. The molecule has 0 bridgehead atoms. The van der Waals surface area contributed by atoms with Gasteiger partial charge in [-0.1, -0.05) is 54.6 Å². The van der Waals surface area contributed by atoms with E-state index >= 15 is 0 Å². The second-order valence-corrected chi connectivity index (χ2v) is 6.99. The van der Waals surface area contributed by atoms with Crippen molar-refractivity contribution in [2.24, 2.45) is 0 Å². The van der Waals surface area contributed by atoms with Crippen LogP contribution in [0, 0.1) is 3.57 Å². The van der Waals surface area contributed by atoms with Crippen molar-refractivity contribution in [3.05, 3.63) is 69.8 Å². The van der Waals surface area contributed by atoms with Gasteiger partial charge in [-0.15, -0.1) is 0 Å². The number of rotatable bonds is 3. The van der Waals surface area contributed by atoms with Gasteiger partial charge in [0.25, 0.3) is 0 Å². The minimum Gasteiger partial charge on any atom is -0.452 e. The monoisotopic (exact) mass is 475 g/mol. The maximum Gasteiger partial charge on any atom is 0.419 e. The molecule has 138 valence electrons. The van der Waals surface area contributed by atoms with Gasteiger partial charge in [-0.05, 0) is 56.1 Å². The SMILES string of the molecule is COC(=O)N(Cc1c(I)cc2ccccc2c1-c1ccccc1)C(=O)OC. The van der Waals surface area contributed by atoms with Gasteiger partial charge in [-0.3, -0.25) is 0 Å². The van der Waals surface area contributed by atoms with E-state index in [0.717, 1.165) is 35.9 Å². The zero-order valence-corrected chi connectivity index (χ0v) is 17.1. The highest BCUT2D eigenvalue weighted by atomic mass is 127. The molecule has 0 saturated carbocycles. The largest absolute Gasteiger partial charge is 0.452 e. The van der Waals surface area contributed by atoms with Crippen molar-refractivity contribution in [2.75, 3.05) is 14.2 Å². The zero-order valence-electron chi connectivity index (χ0n) is 14.9. The Bertz CT molecular complexity index is 972. The molecule has 0 heterocycles. The third kappa shape index (κ3) is 3.90. The Morgan fingerprint density at radius 2 is 1.52 bits per heavy atom. The zero-order chi connectivity index (χ0) is 19.4. The van der Waals surface area contributed by atoms with Crippen LogP contribution in [0.25, 0.3) is 21.9 Å². The fraction of sp³-hybridized carbons (Fsp3) is 0.143. The smallest absolute Gasteiger partial charge is 0.419 e. The van der Waals surface area contributed by atoms with Crippen LogP contribution in [0.15, 0.2) is 60.7 Å². The number of halogens is 1. The van der Waals surface area contributed by atoms with Crippen LogP contribution >= 0.6 is 22.6 Å². The third-order valence-electron chi connectivity index (χ3n) is 4.27. The van der Waals surface area contributed by atoms with Crippen LogP contribution in [0.3, 0.4) is 0 Å².